The lowest BCUT2D eigenvalue weighted by Gasteiger charge is -2.36. The summed E-state index contributed by atoms with van der Waals surface area (Å²) in [5, 5.41) is 10.5. The van der Waals surface area contributed by atoms with Gasteiger partial charge in [-0.25, -0.2) is 4.98 Å². The van der Waals surface area contributed by atoms with Crippen LogP contribution in [-0.4, -0.2) is 34.3 Å². The van der Waals surface area contributed by atoms with Crippen molar-refractivity contribution in [2.24, 2.45) is 11.8 Å². The molecule has 0 bridgehead atoms. The number of aromatic nitrogens is 1. The second-order valence-electron chi connectivity index (χ2n) is 8.57. The monoisotopic (exact) mass is 407 g/mol. The van der Waals surface area contributed by atoms with Crippen LogP contribution in [-0.2, 0) is 19.1 Å². The predicted molar refractivity (Wildman–Crippen MR) is 112 cm³/mol. The SMILES string of the molecule is CC([C@@H](C)C(=O)N(C=O)c1cnc(C#N)c2ccccc12)C1(C)CC(=O)C(C)(C)O1. The Hall–Kier alpha value is -3.11. The highest BCUT2D eigenvalue weighted by Crippen LogP contribution is 2.43. The Labute approximate surface area is 175 Å². The van der Waals surface area contributed by atoms with Gasteiger partial charge in [0.25, 0.3) is 0 Å². The number of ether oxygens (including phenoxy) is 1. The third-order valence-corrected chi connectivity index (χ3v) is 6.26. The number of nitriles is 1. The number of rotatable bonds is 5. The summed E-state index contributed by atoms with van der Waals surface area (Å²) in [4.78, 5) is 42.7. The summed E-state index contributed by atoms with van der Waals surface area (Å²) >= 11 is 0. The van der Waals surface area contributed by atoms with Gasteiger partial charge in [0.05, 0.1) is 17.5 Å². The molecular formula is C23H25N3O4. The molecule has 1 fully saturated rings. The fraction of sp³-hybridized carbons (Fsp3) is 0.435. The number of Topliss-reactive ketones (excluding diaryl/α,β-unsaturated/α-hetero) is 1. The molecule has 0 saturated carbocycles. The normalized spacial score (nSPS) is 22.3. The van der Waals surface area contributed by atoms with Gasteiger partial charge in [0.15, 0.2) is 5.78 Å². The van der Waals surface area contributed by atoms with Gasteiger partial charge in [0.2, 0.25) is 12.3 Å². The molecule has 1 saturated heterocycles. The van der Waals surface area contributed by atoms with Crippen molar-refractivity contribution in [1.29, 1.82) is 5.26 Å². The molecule has 1 aromatic heterocycles. The van der Waals surface area contributed by atoms with E-state index in [0.717, 1.165) is 4.90 Å². The number of carbonyl (C=O) groups excluding carboxylic acids is 3. The first-order chi connectivity index (χ1) is 14.1. The van der Waals surface area contributed by atoms with Crippen LogP contribution in [0.5, 0.6) is 0 Å². The molecule has 1 aliphatic rings. The number of hydrogen-bond acceptors (Lipinski definition) is 6. The molecule has 1 aliphatic heterocycles. The number of pyridine rings is 1. The maximum atomic E-state index is 13.3. The number of amides is 2. The van der Waals surface area contributed by atoms with Crippen molar-refractivity contribution in [3.63, 3.8) is 0 Å². The summed E-state index contributed by atoms with van der Waals surface area (Å²) in [6.07, 6.45) is 2.04. The van der Waals surface area contributed by atoms with Crippen molar-refractivity contribution in [3.05, 3.63) is 36.2 Å². The van der Waals surface area contributed by atoms with Crippen LogP contribution < -0.4 is 4.90 Å². The highest BCUT2D eigenvalue weighted by molar-refractivity contribution is 6.13. The van der Waals surface area contributed by atoms with Crippen molar-refractivity contribution in [1.82, 2.24) is 4.98 Å². The van der Waals surface area contributed by atoms with E-state index in [2.05, 4.69) is 4.98 Å². The van der Waals surface area contributed by atoms with Gasteiger partial charge < -0.3 is 4.74 Å². The second kappa shape index (κ2) is 7.62. The first kappa shape index (κ1) is 21.6. The summed E-state index contributed by atoms with van der Waals surface area (Å²) in [5.41, 5.74) is -1.17. The molecule has 0 radical (unpaired) electrons. The van der Waals surface area contributed by atoms with E-state index in [0.29, 0.717) is 22.9 Å². The van der Waals surface area contributed by atoms with E-state index in [4.69, 9.17) is 4.74 Å². The Bertz CT molecular complexity index is 1070. The number of fused-ring (bicyclic) bond motifs is 1. The van der Waals surface area contributed by atoms with Gasteiger partial charge in [-0.3, -0.25) is 19.3 Å². The molecule has 0 N–H and O–H groups in total. The van der Waals surface area contributed by atoms with Crippen LogP contribution in [0.4, 0.5) is 5.69 Å². The molecule has 0 aliphatic carbocycles. The molecule has 156 valence electrons. The zero-order valence-electron chi connectivity index (χ0n) is 17.8. The molecule has 2 aromatic rings. The lowest BCUT2D eigenvalue weighted by Crippen LogP contribution is -2.45. The first-order valence-corrected chi connectivity index (χ1v) is 9.85. The van der Waals surface area contributed by atoms with Gasteiger partial charge >= 0.3 is 0 Å². The molecular weight excluding hydrogens is 382 g/mol. The first-order valence-electron chi connectivity index (χ1n) is 9.85. The fourth-order valence-corrected chi connectivity index (χ4v) is 4.11. The van der Waals surface area contributed by atoms with E-state index < -0.39 is 23.0 Å². The number of nitrogens with zero attached hydrogens (tertiary/aromatic N) is 3. The molecule has 30 heavy (non-hydrogen) atoms. The molecule has 2 amide bonds. The molecule has 3 atom stereocenters. The second-order valence-corrected chi connectivity index (χ2v) is 8.57. The zero-order chi connectivity index (χ0) is 22.3. The molecule has 7 nitrogen and oxygen atoms in total. The number of ketones is 1. The van der Waals surface area contributed by atoms with Gasteiger partial charge in [0.1, 0.15) is 17.4 Å². The molecule has 7 heteroatoms. The highest BCUT2D eigenvalue weighted by Gasteiger charge is 2.52. The van der Waals surface area contributed by atoms with Crippen molar-refractivity contribution >= 4 is 34.6 Å². The summed E-state index contributed by atoms with van der Waals surface area (Å²) < 4.78 is 6.04. The minimum atomic E-state index is -0.899. The largest absolute Gasteiger partial charge is 0.361 e. The standard InChI is InChI=1S/C23H25N3O4/c1-14(15(2)23(5)10-20(28)22(3,4)30-23)21(29)26(13-27)19-12-25-18(11-24)16-8-6-7-9-17(16)19/h6-9,12-15H,10H2,1-5H3/t14-,15?,23?/m1/s1. The smallest absolute Gasteiger partial charge is 0.236 e. The van der Waals surface area contributed by atoms with Crippen LogP contribution in [0, 0.1) is 23.2 Å². The van der Waals surface area contributed by atoms with E-state index in [9.17, 15) is 19.6 Å². The number of benzene rings is 1. The summed E-state index contributed by atoms with van der Waals surface area (Å²) in [6.45, 7) is 8.87. The molecule has 1 aromatic carbocycles. The quantitative estimate of drug-likeness (QED) is 0.704. The Morgan fingerprint density at radius 2 is 1.90 bits per heavy atom. The Morgan fingerprint density at radius 1 is 1.27 bits per heavy atom. The Balaban J connectivity index is 1.96. The van der Waals surface area contributed by atoms with Crippen molar-refractivity contribution in [3.8, 4) is 6.07 Å². The lowest BCUT2D eigenvalue weighted by atomic mass is 9.78. The summed E-state index contributed by atoms with van der Waals surface area (Å²) in [6, 6.07) is 9.04. The van der Waals surface area contributed by atoms with Crippen LogP contribution in [0.15, 0.2) is 30.5 Å². The zero-order valence-corrected chi connectivity index (χ0v) is 17.8. The van der Waals surface area contributed by atoms with Crippen molar-refractivity contribution in [2.75, 3.05) is 4.90 Å². The number of anilines is 1. The highest BCUT2D eigenvalue weighted by atomic mass is 16.5. The average Bonchev–Trinajstić information content (AvgIpc) is 2.94. The summed E-state index contributed by atoms with van der Waals surface area (Å²) in [7, 11) is 0. The minimum absolute atomic E-state index is 0.00831. The van der Waals surface area contributed by atoms with E-state index in [1.807, 2.05) is 19.9 Å². The number of imide groups is 1. The van der Waals surface area contributed by atoms with Gasteiger partial charge in [-0.1, -0.05) is 38.1 Å². The number of carbonyl (C=O) groups is 3. The topological polar surface area (TPSA) is 100 Å². The van der Waals surface area contributed by atoms with Crippen LogP contribution in [0.25, 0.3) is 10.8 Å². The third-order valence-electron chi connectivity index (χ3n) is 6.26. The van der Waals surface area contributed by atoms with Crippen LogP contribution in [0.2, 0.25) is 0 Å². The molecule has 2 unspecified atom stereocenters. The Morgan fingerprint density at radius 3 is 2.43 bits per heavy atom. The van der Waals surface area contributed by atoms with E-state index in [-0.39, 0.29) is 23.8 Å². The molecule has 0 spiro atoms. The van der Waals surface area contributed by atoms with Crippen molar-refractivity contribution < 1.29 is 19.1 Å². The van der Waals surface area contributed by atoms with Crippen LogP contribution in [0.3, 0.4) is 0 Å². The molecule has 2 heterocycles. The van der Waals surface area contributed by atoms with E-state index in [1.165, 1.54) is 6.20 Å². The fourth-order valence-electron chi connectivity index (χ4n) is 4.11. The minimum Gasteiger partial charge on any atom is -0.361 e. The maximum Gasteiger partial charge on any atom is 0.236 e. The molecule has 3 rings (SSSR count). The third kappa shape index (κ3) is 3.48. The Kier molecular flexibility index (Phi) is 5.48. The predicted octanol–water partition coefficient (Wildman–Crippen LogP) is 3.39. The average molecular weight is 407 g/mol. The van der Waals surface area contributed by atoms with Gasteiger partial charge in [-0.2, -0.15) is 5.26 Å². The van der Waals surface area contributed by atoms with Crippen LogP contribution in [0.1, 0.15) is 46.7 Å². The van der Waals surface area contributed by atoms with Crippen molar-refractivity contribution in [2.45, 2.75) is 52.2 Å². The van der Waals surface area contributed by atoms with Gasteiger partial charge in [-0.15, -0.1) is 0 Å². The lowest BCUT2D eigenvalue weighted by molar-refractivity contribution is -0.143. The number of hydrogen-bond donors (Lipinski definition) is 0. The van der Waals surface area contributed by atoms with Gasteiger partial charge in [-0.05, 0) is 26.7 Å². The van der Waals surface area contributed by atoms with E-state index in [1.54, 1.807) is 45.0 Å². The maximum absolute atomic E-state index is 13.3. The van der Waals surface area contributed by atoms with Gasteiger partial charge in [0, 0.05) is 23.1 Å². The van der Waals surface area contributed by atoms with E-state index >= 15 is 0 Å². The summed E-state index contributed by atoms with van der Waals surface area (Å²) in [5.74, 6) is -1.35. The van der Waals surface area contributed by atoms with Crippen LogP contribution >= 0.6 is 0 Å².